The number of hydrogen-bond acceptors (Lipinski definition) is 5. The van der Waals surface area contributed by atoms with E-state index >= 15 is 0 Å². The Kier molecular flexibility index (Phi) is 6.89. The average molecular weight is 453 g/mol. The molecule has 4 rings (SSSR count). The SMILES string of the molecule is CCOc1ccc(-c2nn(-c3ccccc3)cc2/C=C(/C#N)C(=O)NCc2ccco2)cc1C. The number of aromatic nitrogens is 2. The van der Waals surface area contributed by atoms with E-state index < -0.39 is 5.91 Å². The third-order valence-electron chi connectivity index (χ3n) is 5.18. The van der Waals surface area contributed by atoms with Gasteiger partial charge in [-0.15, -0.1) is 0 Å². The van der Waals surface area contributed by atoms with Gasteiger partial charge < -0.3 is 14.5 Å². The van der Waals surface area contributed by atoms with Crippen LogP contribution in [-0.4, -0.2) is 22.3 Å². The maximum absolute atomic E-state index is 12.7. The Labute approximate surface area is 197 Å². The molecule has 0 aliphatic heterocycles. The molecule has 0 aliphatic carbocycles. The van der Waals surface area contributed by atoms with Crippen molar-refractivity contribution in [2.45, 2.75) is 20.4 Å². The molecule has 2 aromatic heterocycles. The van der Waals surface area contributed by atoms with Crippen molar-refractivity contribution in [2.24, 2.45) is 0 Å². The highest BCUT2D eigenvalue weighted by molar-refractivity contribution is 6.02. The first-order valence-corrected chi connectivity index (χ1v) is 10.9. The maximum atomic E-state index is 12.7. The second-order valence-electron chi connectivity index (χ2n) is 7.56. The van der Waals surface area contributed by atoms with Crippen LogP contribution in [0.1, 0.15) is 23.8 Å². The molecule has 170 valence electrons. The largest absolute Gasteiger partial charge is 0.494 e. The van der Waals surface area contributed by atoms with Crippen LogP contribution in [0.15, 0.2) is 83.1 Å². The zero-order valence-corrected chi connectivity index (χ0v) is 19.0. The molecule has 34 heavy (non-hydrogen) atoms. The lowest BCUT2D eigenvalue weighted by Gasteiger charge is -2.08. The lowest BCUT2D eigenvalue weighted by atomic mass is 10.0. The summed E-state index contributed by atoms with van der Waals surface area (Å²) in [7, 11) is 0. The van der Waals surface area contributed by atoms with Gasteiger partial charge in [-0.3, -0.25) is 4.79 Å². The predicted octanol–water partition coefficient (Wildman–Crippen LogP) is 5.06. The van der Waals surface area contributed by atoms with Crippen molar-refractivity contribution in [2.75, 3.05) is 6.61 Å². The van der Waals surface area contributed by atoms with E-state index in [0.29, 0.717) is 23.6 Å². The van der Waals surface area contributed by atoms with Crippen molar-refractivity contribution in [3.8, 4) is 28.8 Å². The minimum absolute atomic E-state index is 0.0249. The zero-order valence-electron chi connectivity index (χ0n) is 19.0. The minimum Gasteiger partial charge on any atom is -0.494 e. The summed E-state index contributed by atoms with van der Waals surface area (Å²) in [5.41, 5.74) is 3.98. The van der Waals surface area contributed by atoms with E-state index in [1.54, 1.807) is 22.9 Å². The van der Waals surface area contributed by atoms with Gasteiger partial charge in [0.15, 0.2) is 0 Å². The summed E-state index contributed by atoms with van der Waals surface area (Å²) in [6.07, 6.45) is 4.91. The molecule has 2 aromatic carbocycles. The Balaban J connectivity index is 1.72. The number of hydrogen-bond donors (Lipinski definition) is 1. The number of amides is 1. The van der Waals surface area contributed by atoms with Gasteiger partial charge in [0, 0.05) is 17.3 Å². The van der Waals surface area contributed by atoms with Gasteiger partial charge in [0.1, 0.15) is 28.8 Å². The normalized spacial score (nSPS) is 11.1. The van der Waals surface area contributed by atoms with Gasteiger partial charge >= 0.3 is 0 Å². The third-order valence-corrected chi connectivity index (χ3v) is 5.18. The first kappa shape index (κ1) is 22.6. The summed E-state index contributed by atoms with van der Waals surface area (Å²) in [5, 5.41) is 17.2. The second kappa shape index (κ2) is 10.4. The number of rotatable bonds is 8. The van der Waals surface area contributed by atoms with Crippen molar-refractivity contribution in [1.82, 2.24) is 15.1 Å². The molecular formula is C27H24N4O3. The fourth-order valence-corrected chi connectivity index (χ4v) is 3.52. The van der Waals surface area contributed by atoms with Crippen molar-refractivity contribution in [1.29, 1.82) is 5.26 Å². The number of ether oxygens (including phenoxy) is 1. The molecule has 0 spiro atoms. The number of benzene rings is 2. The van der Waals surface area contributed by atoms with Crippen molar-refractivity contribution >= 4 is 12.0 Å². The Hall–Kier alpha value is -4.57. The molecule has 0 aliphatic rings. The highest BCUT2D eigenvalue weighted by Gasteiger charge is 2.16. The molecule has 0 radical (unpaired) electrons. The molecule has 7 nitrogen and oxygen atoms in total. The smallest absolute Gasteiger partial charge is 0.262 e. The number of carbonyl (C=O) groups excluding carboxylic acids is 1. The molecule has 0 unspecified atom stereocenters. The van der Waals surface area contributed by atoms with Crippen LogP contribution in [-0.2, 0) is 11.3 Å². The number of para-hydroxylation sites is 1. The number of nitriles is 1. The summed E-state index contributed by atoms with van der Waals surface area (Å²) in [6.45, 7) is 4.69. The van der Waals surface area contributed by atoms with Gasteiger partial charge in [-0.05, 0) is 68.0 Å². The fraction of sp³-hybridized carbons (Fsp3) is 0.148. The average Bonchev–Trinajstić information content (AvgIpc) is 3.53. The Morgan fingerprint density at radius 1 is 1.21 bits per heavy atom. The zero-order chi connectivity index (χ0) is 23.9. The van der Waals surface area contributed by atoms with E-state index in [-0.39, 0.29) is 12.1 Å². The molecule has 1 N–H and O–H groups in total. The summed E-state index contributed by atoms with van der Waals surface area (Å²) in [5.74, 6) is 0.925. The van der Waals surface area contributed by atoms with Gasteiger partial charge in [-0.2, -0.15) is 10.4 Å². The van der Waals surface area contributed by atoms with E-state index in [1.807, 2.05) is 74.6 Å². The van der Waals surface area contributed by atoms with E-state index in [4.69, 9.17) is 14.3 Å². The topological polar surface area (TPSA) is 93.1 Å². The molecule has 0 saturated carbocycles. The van der Waals surface area contributed by atoms with Crippen molar-refractivity contribution in [3.05, 3.63) is 95.6 Å². The van der Waals surface area contributed by atoms with Crippen LogP contribution in [0.25, 0.3) is 23.0 Å². The quantitative estimate of drug-likeness (QED) is 0.298. The molecule has 7 heteroatoms. The third kappa shape index (κ3) is 5.08. The van der Waals surface area contributed by atoms with Crippen LogP contribution in [0.4, 0.5) is 0 Å². The van der Waals surface area contributed by atoms with Crippen LogP contribution < -0.4 is 10.1 Å². The first-order valence-electron chi connectivity index (χ1n) is 10.9. The lowest BCUT2D eigenvalue weighted by molar-refractivity contribution is -0.117. The van der Waals surface area contributed by atoms with E-state index in [9.17, 15) is 10.1 Å². The van der Waals surface area contributed by atoms with Gasteiger partial charge in [-0.1, -0.05) is 18.2 Å². The molecule has 0 saturated heterocycles. The summed E-state index contributed by atoms with van der Waals surface area (Å²) in [4.78, 5) is 12.7. The van der Waals surface area contributed by atoms with Crippen LogP contribution in [0.2, 0.25) is 0 Å². The van der Waals surface area contributed by atoms with Gasteiger partial charge in [0.25, 0.3) is 5.91 Å². The standard InChI is InChI=1S/C27H24N4O3/c1-3-33-25-12-11-20(14-19(25)2)26-22(18-31(30-26)23-8-5-4-6-9-23)15-21(16-28)27(32)29-17-24-10-7-13-34-24/h4-15,18H,3,17H2,1-2H3,(H,29,32)/b21-15-. The number of carbonyl (C=O) groups is 1. The minimum atomic E-state index is -0.486. The first-order chi connectivity index (χ1) is 16.6. The van der Waals surface area contributed by atoms with E-state index in [1.165, 1.54) is 6.26 Å². The van der Waals surface area contributed by atoms with Gasteiger partial charge in [-0.25, -0.2) is 4.68 Å². The Bertz CT molecular complexity index is 1350. The van der Waals surface area contributed by atoms with Crippen LogP contribution in [0, 0.1) is 18.3 Å². The molecular weight excluding hydrogens is 428 g/mol. The molecule has 0 atom stereocenters. The summed E-state index contributed by atoms with van der Waals surface area (Å²) >= 11 is 0. The second-order valence-corrected chi connectivity index (χ2v) is 7.56. The van der Waals surface area contributed by atoms with Crippen molar-refractivity contribution < 1.29 is 13.9 Å². The van der Waals surface area contributed by atoms with Crippen LogP contribution in [0.3, 0.4) is 0 Å². The Morgan fingerprint density at radius 3 is 2.71 bits per heavy atom. The van der Waals surface area contributed by atoms with Crippen LogP contribution >= 0.6 is 0 Å². The predicted molar refractivity (Wildman–Crippen MR) is 129 cm³/mol. The molecule has 0 bridgehead atoms. The highest BCUT2D eigenvalue weighted by Crippen LogP contribution is 2.30. The monoisotopic (exact) mass is 452 g/mol. The Morgan fingerprint density at radius 2 is 2.03 bits per heavy atom. The van der Waals surface area contributed by atoms with E-state index in [0.717, 1.165) is 22.6 Å². The fourth-order valence-electron chi connectivity index (χ4n) is 3.52. The number of nitrogens with one attached hydrogen (secondary N) is 1. The maximum Gasteiger partial charge on any atom is 0.262 e. The number of furan rings is 1. The summed E-state index contributed by atoms with van der Waals surface area (Å²) in [6, 6.07) is 21.0. The van der Waals surface area contributed by atoms with Gasteiger partial charge in [0.05, 0.1) is 25.1 Å². The molecule has 0 fully saturated rings. The molecule has 2 heterocycles. The molecule has 4 aromatic rings. The summed E-state index contributed by atoms with van der Waals surface area (Å²) < 4.78 is 12.6. The van der Waals surface area contributed by atoms with Gasteiger partial charge in [0.2, 0.25) is 0 Å². The number of nitrogens with zero attached hydrogens (tertiary/aromatic N) is 3. The van der Waals surface area contributed by atoms with E-state index in [2.05, 4.69) is 5.32 Å². The lowest BCUT2D eigenvalue weighted by Crippen LogP contribution is -2.23. The van der Waals surface area contributed by atoms with Crippen molar-refractivity contribution in [3.63, 3.8) is 0 Å². The van der Waals surface area contributed by atoms with Crippen LogP contribution in [0.5, 0.6) is 5.75 Å². The highest BCUT2D eigenvalue weighted by atomic mass is 16.5. The molecule has 1 amide bonds. The number of aryl methyl sites for hydroxylation is 1.